The number of carbonyl (C=O) groups excluding carboxylic acids is 1. The molecule has 114 valence electrons. The van der Waals surface area contributed by atoms with E-state index < -0.39 is 10.5 Å². The summed E-state index contributed by atoms with van der Waals surface area (Å²) in [5.74, 6) is -0.0753. The second kappa shape index (κ2) is 6.22. The van der Waals surface area contributed by atoms with E-state index >= 15 is 0 Å². The topological polar surface area (TPSA) is 89.5 Å². The first-order chi connectivity index (χ1) is 9.92. The maximum Gasteiger partial charge on any atom is 0.269 e. The third kappa shape index (κ3) is 3.58. The zero-order valence-corrected chi connectivity index (χ0v) is 12.2. The summed E-state index contributed by atoms with van der Waals surface area (Å²) in [5.41, 5.74) is 6.24. The molecule has 1 aromatic carbocycles. The number of hydrogen-bond acceptors (Lipinski definition) is 4. The van der Waals surface area contributed by atoms with Crippen molar-refractivity contribution < 1.29 is 9.72 Å². The van der Waals surface area contributed by atoms with Crippen LogP contribution in [0.15, 0.2) is 24.3 Å². The summed E-state index contributed by atoms with van der Waals surface area (Å²) in [6.07, 6.45) is 4.51. The highest BCUT2D eigenvalue weighted by Crippen LogP contribution is 2.28. The average molecular weight is 291 g/mol. The summed E-state index contributed by atoms with van der Waals surface area (Å²) < 4.78 is 0. The molecule has 2 rings (SSSR count). The summed E-state index contributed by atoms with van der Waals surface area (Å²) in [4.78, 5) is 24.4. The lowest BCUT2D eigenvalue weighted by atomic mass is 9.81. The summed E-state index contributed by atoms with van der Waals surface area (Å²) in [6.45, 7) is 0.333. The van der Waals surface area contributed by atoms with E-state index in [9.17, 15) is 14.9 Å². The highest BCUT2D eigenvalue weighted by atomic mass is 16.6. The van der Waals surface area contributed by atoms with E-state index in [0.717, 1.165) is 24.8 Å². The van der Waals surface area contributed by atoms with Gasteiger partial charge in [0.25, 0.3) is 5.69 Å². The van der Waals surface area contributed by atoms with E-state index in [-0.39, 0.29) is 11.6 Å². The van der Waals surface area contributed by atoms with Crippen LogP contribution >= 0.6 is 0 Å². The molecule has 1 fully saturated rings. The number of benzene rings is 1. The molecule has 1 aliphatic carbocycles. The van der Waals surface area contributed by atoms with Gasteiger partial charge in [0.15, 0.2) is 0 Å². The van der Waals surface area contributed by atoms with Gasteiger partial charge in [-0.25, -0.2) is 0 Å². The molecule has 0 bridgehead atoms. The van der Waals surface area contributed by atoms with E-state index in [1.54, 1.807) is 24.1 Å². The van der Waals surface area contributed by atoms with Gasteiger partial charge < -0.3 is 10.6 Å². The first kappa shape index (κ1) is 15.4. The van der Waals surface area contributed by atoms with Crippen LogP contribution in [0.1, 0.15) is 37.7 Å². The van der Waals surface area contributed by atoms with Crippen molar-refractivity contribution >= 4 is 11.6 Å². The van der Waals surface area contributed by atoms with Gasteiger partial charge in [0.05, 0.1) is 10.5 Å². The Labute approximate surface area is 124 Å². The third-order valence-corrected chi connectivity index (χ3v) is 4.06. The van der Waals surface area contributed by atoms with E-state index in [2.05, 4.69) is 0 Å². The fourth-order valence-electron chi connectivity index (χ4n) is 2.89. The van der Waals surface area contributed by atoms with Gasteiger partial charge in [-0.3, -0.25) is 14.9 Å². The summed E-state index contributed by atoms with van der Waals surface area (Å²) in [6, 6.07) is 6.34. The fraction of sp³-hybridized carbons (Fsp3) is 0.533. The number of hydrogen-bond donors (Lipinski definition) is 1. The van der Waals surface area contributed by atoms with Crippen LogP contribution in [-0.2, 0) is 11.3 Å². The maximum absolute atomic E-state index is 12.5. The molecule has 0 radical (unpaired) electrons. The molecule has 0 spiro atoms. The highest BCUT2D eigenvalue weighted by molar-refractivity contribution is 5.86. The van der Waals surface area contributed by atoms with Crippen LogP contribution in [0.4, 0.5) is 5.69 Å². The van der Waals surface area contributed by atoms with E-state index in [1.165, 1.54) is 12.1 Å². The molecule has 6 nitrogen and oxygen atoms in total. The Hall–Kier alpha value is -1.95. The van der Waals surface area contributed by atoms with Crippen LogP contribution < -0.4 is 5.73 Å². The molecule has 0 aliphatic heterocycles. The van der Waals surface area contributed by atoms with Crippen molar-refractivity contribution in [3.63, 3.8) is 0 Å². The average Bonchev–Trinajstić information content (AvgIpc) is 2.47. The Balaban J connectivity index is 2.06. The van der Waals surface area contributed by atoms with Gasteiger partial charge in [-0.05, 0) is 18.4 Å². The smallest absolute Gasteiger partial charge is 0.269 e. The van der Waals surface area contributed by atoms with Crippen LogP contribution in [-0.4, -0.2) is 28.3 Å². The second-order valence-corrected chi connectivity index (χ2v) is 5.81. The molecule has 1 amide bonds. The molecular weight excluding hydrogens is 270 g/mol. The Morgan fingerprint density at radius 2 is 2.05 bits per heavy atom. The van der Waals surface area contributed by atoms with E-state index in [1.807, 2.05) is 0 Å². The van der Waals surface area contributed by atoms with Gasteiger partial charge in [-0.15, -0.1) is 0 Å². The Morgan fingerprint density at radius 1 is 1.38 bits per heavy atom. The van der Waals surface area contributed by atoms with Gasteiger partial charge in [-0.2, -0.15) is 0 Å². The molecular formula is C15H21N3O3. The third-order valence-electron chi connectivity index (χ3n) is 4.06. The minimum atomic E-state index is -0.770. The Bertz CT molecular complexity index is 539. The van der Waals surface area contributed by atoms with Crippen molar-refractivity contribution in [3.8, 4) is 0 Å². The van der Waals surface area contributed by atoms with E-state index in [0.29, 0.717) is 19.4 Å². The number of nitro benzene ring substituents is 1. The minimum Gasteiger partial charge on any atom is -0.340 e. The SMILES string of the molecule is CN(Cc1cccc([N+](=O)[O-])c1)C(=O)C1(N)CCCCC1. The lowest BCUT2D eigenvalue weighted by Gasteiger charge is -2.35. The second-order valence-electron chi connectivity index (χ2n) is 5.81. The van der Waals surface area contributed by atoms with Gasteiger partial charge in [-0.1, -0.05) is 31.4 Å². The van der Waals surface area contributed by atoms with Crippen molar-refractivity contribution in [3.05, 3.63) is 39.9 Å². The number of likely N-dealkylation sites (N-methyl/N-ethyl adjacent to an activating group) is 1. The van der Waals surface area contributed by atoms with Crippen molar-refractivity contribution in [1.82, 2.24) is 4.90 Å². The predicted octanol–water partition coefficient (Wildman–Crippen LogP) is 2.21. The largest absolute Gasteiger partial charge is 0.340 e. The lowest BCUT2D eigenvalue weighted by molar-refractivity contribution is -0.384. The van der Waals surface area contributed by atoms with Crippen LogP contribution in [0, 0.1) is 10.1 Å². The van der Waals surface area contributed by atoms with Crippen molar-refractivity contribution in [2.45, 2.75) is 44.2 Å². The van der Waals surface area contributed by atoms with Crippen molar-refractivity contribution in [1.29, 1.82) is 0 Å². The van der Waals surface area contributed by atoms with Gasteiger partial charge in [0.2, 0.25) is 5.91 Å². The quantitative estimate of drug-likeness (QED) is 0.680. The molecule has 21 heavy (non-hydrogen) atoms. The first-order valence-corrected chi connectivity index (χ1v) is 7.20. The summed E-state index contributed by atoms with van der Waals surface area (Å²) in [7, 11) is 1.70. The summed E-state index contributed by atoms with van der Waals surface area (Å²) >= 11 is 0. The number of amides is 1. The molecule has 0 heterocycles. The number of nitrogens with two attached hydrogens (primary N) is 1. The van der Waals surface area contributed by atoms with Crippen molar-refractivity contribution in [2.75, 3.05) is 7.05 Å². The maximum atomic E-state index is 12.5. The normalized spacial score (nSPS) is 17.2. The van der Waals surface area contributed by atoms with Crippen LogP contribution in [0.2, 0.25) is 0 Å². The van der Waals surface area contributed by atoms with Crippen LogP contribution in [0.3, 0.4) is 0 Å². The molecule has 0 saturated heterocycles. The molecule has 6 heteroatoms. The fourth-order valence-corrected chi connectivity index (χ4v) is 2.89. The molecule has 2 N–H and O–H groups in total. The van der Waals surface area contributed by atoms with Gasteiger partial charge >= 0.3 is 0 Å². The molecule has 1 saturated carbocycles. The number of nitrogens with zero attached hydrogens (tertiary/aromatic N) is 2. The number of non-ortho nitro benzene ring substituents is 1. The Morgan fingerprint density at radius 3 is 2.67 bits per heavy atom. The molecule has 0 unspecified atom stereocenters. The van der Waals surface area contributed by atoms with Gasteiger partial charge in [0, 0.05) is 25.7 Å². The number of carbonyl (C=O) groups is 1. The van der Waals surface area contributed by atoms with E-state index in [4.69, 9.17) is 5.73 Å². The first-order valence-electron chi connectivity index (χ1n) is 7.20. The monoisotopic (exact) mass is 291 g/mol. The Kier molecular flexibility index (Phi) is 4.57. The number of nitro groups is 1. The predicted molar refractivity (Wildman–Crippen MR) is 79.6 cm³/mol. The zero-order valence-electron chi connectivity index (χ0n) is 12.2. The standard InChI is InChI=1S/C15H21N3O3/c1-17(14(19)15(16)8-3-2-4-9-15)11-12-6-5-7-13(10-12)18(20)21/h5-7,10H,2-4,8-9,11,16H2,1H3. The zero-order chi connectivity index (χ0) is 15.5. The molecule has 0 atom stereocenters. The van der Waals surface area contributed by atoms with Gasteiger partial charge in [0.1, 0.15) is 0 Å². The number of rotatable bonds is 4. The summed E-state index contributed by atoms with van der Waals surface area (Å²) in [5, 5.41) is 10.8. The lowest BCUT2D eigenvalue weighted by Crippen LogP contribution is -2.55. The van der Waals surface area contributed by atoms with Crippen LogP contribution in [0.5, 0.6) is 0 Å². The molecule has 1 aliphatic rings. The highest BCUT2D eigenvalue weighted by Gasteiger charge is 2.37. The van der Waals surface area contributed by atoms with Crippen LogP contribution in [0.25, 0.3) is 0 Å². The molecule has 1 aromatic rings. The van der Waals surface area contributed by atoms with Crippen molar-refractivity contribution in [2.24, 2.45) is 5.73 Å². The minimum absolute atomic E-state index is 0.0356. The molecule has 0 aromatic heterocycles.